The molecule has 2 aromatic heterocycles. The number of benzene rings is 1. The first-order valence-electron chi connectivity index (χ1n) is 7.75. The third-order valence-corrected chi connectivity index (χ3v) is 4.38. The predicted molar refractivity (Wildman–Crippen MR) is 101 cm³/mol. The van der Waals surface area contributed by atoms with Crippen molar-refractivity contribution in [2.24, 2.45) is 0 Å². The van der Waals surface area contributed by atoms with Gasteiger partial charge in [-0.2, -0.15) is 0 Å². The Morgan fingerprint density at radius 2 is 1.63 bits per heavy atom. The number of amides is 1. The second kappa shape index (κ2) is 6.84. The van der Waals surface area contributed by atoms with E-state index >= 15 is 0 Å². The molecule has 1 amide bonds. The molecule has 3 aromatic rings. The number of carbonyl (C=O) groups excluding carboxylic acids is 1. The highest BCUT2D eigenvalue weighted by molar-refractivity contribution is 9.10. The number of halogens is 1. The van der Waals surface area contributed by atoms with Crippen LogP contribution in [0.2, 0.25) is 0 Å². The molecule has 0 unspecified atom stereocenters. The molecular formula is C18H14BrN3O5. The Labute approximate surface area is 161 Å². The molecule has 9 heteroatoms. The van der Waals surface area contributed by atoms with Crippen molar-refractivity contribution in [3.8, 4) is 0 Å². The molecule has 0 saturated carbocycles. The second-order valence-electron chi connectivity index (χ2n) is 5.94. The monoisotopic (exact) mass is 431 g/mol. The first-order valence-corrected chi connectivity index (χ1v) is 8.54. The number of carbonyl (C=O) groups is 3. The molecular weight excluding hydrogens is 418 g/mol. The van der Waals surface area contributed by atoms with Crippen molar-refractivity contribution in [3.05, 3.63) is 63.0 Å². The fourth-order valence-electron chi connectivity index (χ4n) is 2.79. The topological polar surface area (TPSA) is 121 Å². The van der Waals surface area contributed by atoms with Gasteiger partial charge in [0, 0.05) is 16.4 Å². The van der Waals surface area contributed by atoms with E-state index in [9.17, 15) is 14.4 Å². The number of nitrogens with one attached hydrogen (secondary N) is 1. The fraction of sp³-hybridized carbons (Fsp3) is 0.111. The first kappa shape index (κ1) is 18.6. The van der Waals surface area contributed by atoms with Crippen LogP contribution in [0.1, 0.15) is 42.5 Å². The lowest BCUT2D eigenvalue weighted by Crippen LogP contribution is -2.16. The Morgan fingerprint density at radius 1 is 1.04 bits per heavy atom. The van der Waals surface area contributed by atoms with Gasteiger partial charge in [-0.1, -0.05) is 0 Å². The number of imidazole rings is 1. The molecule has 8 nitrogen and oxygen atoms in total. The van der Waals surface area contributed by atoms with Crippen LogP contribution >= 0.6 is 15.9 Å². The molecule has 2 heterocycles. The van der Waals surface area contributed by atoms with Gasteiger partial charge in [0.2, 0.25) is 0 Å². The summed E-state index contributed by atoms with van der Waals surface area (Å²) < 4.78 is 2.39. The van der Waals surface area contributed by atoms with Crippen LogP contribution in [0, 0.1) is 13.8 Å². The van der Waals surface area contributed by atoms with E-state index in [4.69, 9.17) is 10.2 Å². The summed E-state index contributed by atoms with van der Waals surface area (Å²) in [5.41, 5.74) is 1.84. The highest BCUT2D eigenvalue weighted by Crippen LogP contribution is 2.22. The molecule has 0 aliphatic rings. The smallest absolute Gasteiger partial charge is 0.335 e. The number of carboxylic acid groups (broad SMARTS) is 2. The van der Waals surface area contributed by atoms with E-state index in [2.05, 4.69) is 26.2 Å². The molecule has 0 spiro atoms. The van der Waals surface area contributed by atoms with Gasteiger partial charge in [0.05, 0.1) is 16.8 Å². The summed E-state index contributed by atoms with van der Waals surface area (Å²) >= 11 is 3.38. The molecule has 0 saturated heterocycles. The normalized spacial score (nSPS) is 10.8. The maximum absolute atomic E-state index is 12.8. The van der Waals surface area contributed by atoms with E-state index in [1.807, 2.05) is 13.0 Å². The number of rotatable bonds is 4. The summed E-state index contributed by atoms with van der Waals surface area (Å²) in [6, 6.07) is 5.30. The standard InChI is InChI=1S/C18H14BrN3O5/c1-8-3-12(19)7-22-14(9(2)20-15(8)22)16(23)21-13-5-10(17(24)25)4-11(6-13)18(26)27/h3-7H,1-2H3,(H,21,23)(H,24,25)(H,26,27). The maximum Gasteiger partial charge on any atom is 0.335 e. The van der Waals surface area contributed by atoms with Crippen molar-refractivity contribution < 1.29 is 24.6 Å². The Morgan fingerprint density at radius 3 is 2.19 bits per heavy atom. The molecule has 0 atom stereocenters. The maximum atomic E-state index is 12.8. The molecule has 0 fully saturated rings. The number of hydrogen-bond acceptors (Lipinski definition) is 4. The van der Waals surface area contributed by atoms with Gasteiger partial charge in [0.15, 0.2) is 0 Å². The molecule has 0 aliphatic carbocycles. The van der Waals surface area contributed by atoms with Gasteiger partial charge in [0.25, 0.3) is 5.91 Å². The molecule has 27 heavy (non-hydrogen) atoms. The number of aromatic nitrogens is 2. The summed E-state index contributed by atoms with van der Waals surface area (Å²) in [6.45, 7) is 3.55. The van der Waals surface area contributed by atoms with Gasteiger partial charge < -0.3 is 15.5 Å². The lowest BCUT2D eigenvalue weighted by molar-refractivity contribution is 0.0696. The summed E-state index contributed by atoms with van der Waals surface area (Å²) in [6.07, 6.45) is 1.70. The molecule has 0 aliphatic heterocycles. The van der Waals surface area contributed by atoms with E-state index in [0.29, 0.717) is 11.3 Å². The van der Waals surface area contributed by atoms with Gasteiger partial charge in [-0.05, 0) is 59.6 Å². The van der Waals surface area contributed by atoms with E-state index in [-0.39, 0.29) is 22.5 Å². The number of hydrogen-bond donors (Lipinski definition) is 3. The Kier molecular flexibility index (Phi) is 4.71. The van der Waals surface area contributed by atoms with Gasteiger partial charge in [0.1, 0.15) is 11.3 Å². The van der Waals surface area contributed by atoms with Gasteiger partial charge >= 0.3 is 11.9 Å². The van der Waals surface area contributed by atoms with Crippen LogP contribution in [0.25, 0.3) is 5.65 Å². The van der Waals surface area contributed by atoms with Gasteiger partial charge in [-0.25, -0.2) is 14.6 Å². The molecule has 3 rings (SSSR count). The number of aromatic carboxylic acids is 2. The summed E-state index contributed by atoms with van der Waals surface area (Å²) in [7, 11) is 0. The van der Waals surface area contributed by atoms with Crippen LogP contribution in [0.4, 0.5) is 5.69 Å². The van der Waals surface area contributed by atoms with E-state index in [1.165, 1.54) is 12.1 Å². The van der Waals surface area contributed by atoms with Crippen LogP contribution in [0.15, 0.2) is 34.9 Å². The quantitative estimate of drug-likeness (QED) is 0.582. The first-order chi connectivity index (χ1) is 12.7. The van der Waals surface area contributed by atoms with Crippen molar-refractivity contribution in [1.82, 2.24) is 9.38 Å². The Hall–Kier alpha value is -3.20. The number of pyridine rings is 1. The lowest BCUT2D eigenvalue weighted by Gasteiger charge is -2.09. The average Bonchev–Trinajstić information content (AvgIpc) is 2.90. The minimum absolute atomic E-state index is 0.0679. The van der Waals surface area contributed by atoms with Crippen LogP contribution in [0.5, 0.6) is 0 Å². The zero-order valence-electron chi connectivity index (χ0n) is 14.3. The SMILES string of the molecule is Cc1nc2c(C)cc(Br)cn2c1C(=O)Nc1cc(C(=O)O)cc(C(=O)O)c1. The molecule has 1 aromatic carbocycles. The minimum Gasteiger partial charge on any atom is -0.478 e. The second-order valence-corrected chi connectivity index (χ2v) is 6.86. The molecule has 138 valence electrons. The summed E-state index contributed by atoms with van der Waals surface area (Å²) in [5.74, 6) is -3.12. The fourth-order valence-corrected chi connectivity index (χ4v) is 3.34. The number of carboxylic acids is 2. The highest BCUT2D eigenvalue weighted by atomic mass is 79.9. The third-order valence-electron chi connectivity index (χ3n) is 3.94. The van der Waals surface area contributed by atoms with Gasteiger partial charge in [-0.3, -0.25) is 9.20 Å². The van der Waals surface area contributed by atoms with Crippen molar-refractivity contribution in [2.45, 2.75) is 13.8 Å². The largest absolute Gasteiger partial charge is 0.478 e. The van der Waals surface area contributed by atoms with Crippen molar-refractivity contribution in [3.63, 3.8) is 0 Å². The summed E-state index contributed by atoms with van der Waals surface area (Å²) in [4.78, 5) is 39.7. The van der Waals surface area contributed by atoms with Crippen LogP contribution in [0.3, 0.4) is 0 Å². The Bertz CT molecular complexity index is 1090. The number of aryl methyl sites for hydroxylation is 2. The van der Waals surface area contributed by atoms with Crippen LogP contribution < -0.4 is 5.32 Å². The van der Waals surface area contributed by atoms with Crippen molar-refractivity contribution >= 4 is 45.1 Å². The van der Waals surface area contributed by atoms with E-state index < -0.39 is 17.8 Å². The van der Waals surface area contributed by atoms with E-state index in [0.717, 1.165) is 16.1 Å². The predicted octanol–water partition coefficient (Wildman–Crippen LogP) is 3.36. The average molecular weight is 432 g/mol. The minimum atomic E-state index is -1.29. The van der Waals surface area contributed by atoms with Crippen molar-refractivity contribution in [1.29, 1.82) is 0 Å². The van der Waals surface area contributed by atoms with Crippen molar-refractivity contribution in [2.75, 3.05) is 5.32 Å². The molecule has 3 N–H and O–H groups in total. The highest BCUT2D eigenvalue weighted by Gasteiger charge is 2.20. The molecule has 0 bridgehead atoms. The Balaban J connectivity index is 2.06. The van der Waals surface area contributed by atoms with Crippen LogP contribution in [-0.4, -0.2) is 37.4 Å². The number of anilines is 1. The number of nitrogens with zero attached hydrogens (tertiary/aromatic N) is 2. The van der Waals surface area contributed by atoms with Crippen LogP contribution in [-0.2, 0) is 0 Å². The third kappa shape index (κ3) is 3.54. The van der Waals surface area contributed by atoms with E-state index in [1.54, 1.807) is 17.5 Å². The lowest BCUT2D eigenvalue weighted by atomic mass is 10.1. The zero-order chi connectivity index (χ0) is 19.9. The number of fused-ring (bicyclic) bond motifs is 1. The molecule has 0 radical (unpaired) electrons. The zero-order valence-corrected chi connectivity index (χ0v) is 15.9. The van der Waals surface area contributed by atoms with Gasteiger partial charge in [-0.15, -0.1) is 0 Å². The summed E-state index contributed by atoms with van der Waals surface area (Å²) in [5, 5.41) is 20.9.